The third-order valence-electron chi connectivity index (χ3n) is 4.48. The van der Waals surface area contributed by atoms with Crippen LogP contribution < -0.4 is 19.9 Å². The van der Waals surface area contributed by atoms with E-state index in [0.717, 1.165) is 11.1 Å². The Kier molecular flexibility index (Phi) is 7.22. The molecule has 0 bridgehead atoms. The van der Waals surface area contributed by atoms with Gasteiger partial charge in [0, 0.05) is 18.9 Å². The van der Waals surface area contributed by atoms with Crippen molar-refractivity contribution in [3.05, 3.63) is 83.7 Å². The second kappa shape index (κ2) is 10.1. The predicted molar refractivity (Wildman–Crippen MR) is 115 cm³/mol. The third-order valence-corrected chi connectivity index (χ3v) is 5.41. The van der Waals surface area contributed by atoms with Crippen LogP contribution in [-0.4, -0.2) is 26.4 Å². The summed E-state index contributed by atoms with van der Waals surface area (Å²) in [6.07, 6.45) is 3.53. The summed E-state index contributed by atoms with van der Waals surface area (Å²) in [6, 6.07) is 15.1. The minimum Gasteiger partial charge on any atom is -0.493 e. The van der Waals surface area contributed by atoms with Crippen LogP contribution in [0.3, 0.4) is 0 Å². The maximum absolute atomic E-state index is 12.2. The predicted octanol–water partition coefficient (Wildman–Crippen LogP) is 2.18. The summed E-state index contributed by atoms with van der Waals surface area (Å²) in [5.74, 6) is 0.976. The van der Waals surface area contributed by atoms with Crippen LogP contribution in [0.25, 0.3) is 0 Å². The molecule has 0 unspecified atom stereocenters. The van der Waals surface area contributed by atoms with Gasteiger partial charge < -0.3 is 14.8 Å². The summed E-state index contributed by atoms with van der Waals surface area (Å²) in [6.45, 7) is 0.703. The monoisotopic (exact) mass is 441 g/mol. The summed E-state index contributed by atoms with van der Waals surface area (Å²) >= 11 is 0. The van der Waals surface area contributed by atoms with Gasteiger partial charge in [-0.25, -0.2) is 13.6 Å². The van der Waals surface area contributed by atoms with E-state index in [0.29, 0.717) is 30.2 Å². The number of ether oxygens (including phenoxy) is 2. The number of sulfonamides is 1. The number of hydrogen-bond acceptors (Lipinski definition) is 6. The van der Waals surface area contributed by atoms with Crippen molar-refractivity contribution in [2.24, 2.45) is 5.14 Å². The molecule has 0 saturated carbocycles. The molecule has 0 spiro atoms. The number of aromatic nitrogens is 1. The molecular weight excluding hydrogens is 418 g/mol. The number of benzene rings is 2. The number of primary sulfonamides is 1. The minimum absolute atomic E-state index is 0.00925. The van der Waals surface area contributed by atoms with Crippen molar-refractivity contribution in [3.8, 4) is 11.5 Å². The van der Waals surface area contributed by atoms with Crippen LogP contribution in [0.1, 0.15) is 16.7 Å². The second-order valence-electron chi connectivity index (χ2n) is 6.77. The van der Waals surface area contributed by atoms with E-state index < -0.39 is 10.0 Å². The molecule has 1 heterocycles. The molecule has 0 atom stereocenters. The maximum Gasteiger partial charge on any atom is 0.238 e. The number of nitrogens with one attached hydrogen (secondary N) is 1. The summed E-state index contributed by atoms with van der Waals surface area (Å²) in [5, 5.41) is 7.91. The SMILES string of the molecule is COc1cc(CNC(=O)Cc2ccc(S(N)(=O)=O)cc2)ccc1OCc1ccncc1. The molecular formula is C22H23N3O5S. The number of rotatable bonds is 9. The second-order valence-corrected chi connectivity index (χ2v) is 8.33. The first-order chi connectivity index (χ1) is 14.8. The summed E-state index contributed by atoms with van der Waals surface area (Å²) in [7, 11) is -2.19. The smallest absolute Gasteiger partial charge is 0.238 e. The van der Waals surface area contributed by atoms with Gasteiger partial charge in [-0.05, 0) is 53.1 Å². The fraction of sp³-hybridized carbons (Fsp3) is 0.182. The van der Waals surface area contributed by atoms with Crippen LogP contribution in [-0.2, 0) is 34.4 Å². The number of carbonyl (C=O) groups excluding carboxylic acids is 1. The summed E-state index contributed by atoms with van der Waals surface area (Å²) in [5.41, 5.74) is 2.53. The average Bonchev–Trinajstić information content (AvgIpc) is 2.77. The van der Waals surface area contributed by atoms with Crippen molar-refractivity contribution in [1.82, 2.24) is 10.3 Å². The standard InChI is InChI=1S/C22H23N3O5S/c1-29-21-12-18(4-7-20(21)30-15-17-8-10-24-11-9-17)14-25-22(26)13-16-2-5-19(6-3-16)31(23,27)28/h2-12H,13-15H2,1H3,(H,25,26)(H2,23,27,28). The number of hydrogen-bond donors (Lipinski definition) is 2. The topological polar surface area (TPSA) is 121 Å². The van der Waals surface area contributed by atoms with Crippen LogP contribution >= 0.6 is 0 Å². The lowest BCUT2D eigenvalue weighted by atomic mass is 10.1. The quantitative estimate of drug-likeness (QED) is 0.525. The highest BCUT2D eigenvalue weighted by Gasteiger charge is 2.10. The van der Waals surface area contributed by atoms with Crippen molar-refractivity contribution < 1.29 is 22.7 Å². The molecule has 9 heteroatoms. The first-order valence-corrected chi connectivity index (χ1v) is 11.0. The van der Waals surface area contributed by atoms with E-state index >= 15 is 0 Å². The van der Waals surface area contributed by atoms with Crippen LogP contribution in [0, 0.1) is 0 Å². The average molecular weight is 442 g/mol. The normalized spacial score (nSPS) is 11.0. The Morgan fingerprint density at radius 2 is 1.65 bits per heavy atom. The molecule has 0 aliphatic rings. The minimum atomic E-state index is -3.75. The third kappa shape index (κ3) is 6.53. The Morgan fingerprint density at radius 1 is 0.968 bits per heavy atom. The molecule has 0 fully saturated rings. The number of pyridine rings is 1. The molecule has 0 saturated heterocycles. The number of methoxy groups -OCH3 is 1. The Labute approximate surface area is 181 Å². The van der Waals surface area contributed by atoms with Crippen molar-refractivity contribution in [2.75, 3.05) is 7.11 Å². The van der Waals surface area contributed by atoms with E-state index in [-0.39, 0.29) is 17.2 Å². The molecule has 3 N–H and O–H groups in total. The molecule has 3 rings (SSSR count). The lowest BCUT2D eigenvalue weighted by Gasteiger charge is -2.13. The first-order valence-electron chi connectivity index (χ1n) is 9.42. The molecule has 162 valence electrons. The van der Waals surface area contributed by atoms with E-state index in [4.69, 9.17) is 14.6 Å². The molecule has 2 aromatic carbocycles. The highest BCUT2D eigenvalue weighted by Crippen LogP contribution is 2.28. The highest BCUT2D eigenvalue weighted by atomic mass is 32.2. The van der Waals surface area contributed by atoms with Crippen molar-refractivity contribution in [3.63, 3.8) is 0 Å². The number of amides is 1. The van der Waals surface area contributed by atoms with Crippen molar-refractivity contribution in [2.45, 2.75) is 24.5 Å². The van der Waals surface area contributed by atoms with Gasteiger partial charge in [-0.2, -0.15) is 0 Å². The molecule has 0 aliphatic heterocycles. The number of nitrogens with two attached hydrogens (primary N) is 1. The largest absolute Gasteiger partial charge is 0.493 e. The van der Waals surface area contributed by atoms with Crippen LogP contribution in [0.4, 0.5) is 0 Å². The van der Waals surface area contributed by atoms with Gasteiger partial charge in [-0.1, -0.05) is 18.2 Å². The van der Waals surface area contributed by atoms with Gasteiger partial charge in [0.05, 0.1) is 18.4 Å². The molecule has 1 aromatic heterocycles. The van der Waals surface area contributed by atoms with E-state index in [1.165, 1.54) is 12.1 Å². The van der Waals surface area contributed by atoms with Crippen molar-refractivity contribution >= 4 is 15.9 Å². The van der Waals surface area contributed by atoms with E-state index in [1.54, 1.807) is 37.7 Å². The number of nitrogens with zero attached hydrogens (tertiary/aromatic N) is 1. The van der Waals surface area contributed by atoms with Crippen LogP contribution in [0.5, 0.6) is 11.5 Å². The lowest BCUT2D eigenvalue weighted by molar-refractivity contribution is -0.120. The van der Waals surface area contributed by atoms with Gasteiger partial charge in [0.1, 0.15) is 6.61 Å². The molecule has 0 aliphatic carbocycles. The molecule has 0 radical (unpaired) electrons. The van der Waals surface area contributed by atoms with Crippen LogP contribution in [0.15, 0.2) is 71.9 Å². The highest BCUT2D eigenvalue weighted by molar-refractivity contribution is 7.89. The molecule has 1 amide bonds. The first kappa shape index (κ1) is 22.3. The van der Waals surface area contributed by atoms with Gasteiger partial charge in [-0.15, -0.1) is 0 Å². The lowest BCUT2D eigenvalue weighted by Crippen LogP contribution is -2.24. The Bertz CT molecular complexity index is 1130. The molecule has 8 nitrogen and oxygen atoms in total. The maximum atomic E-state index is 12.2. The van der Waals surface area contributed by atoms with Crippen molar-refractivity contribution in [1.29, 1.82) is 0 Å². The zero-order chi connectivity index (χ0) is 22.3. The van der Waals surface area contributed by atoms with E-state index in [2.05, 4.69) is 10.3 Å². The van der Waals surface area contributed by atoms with Gasteiger partial charge in [0.15, 0.2) is 11.5 Å². The Hall–Kier alpha value is -3.43. The molecule has 3 aromatic rings. The van der Waals surface area contributed by atoms with E-state index in [1.807, 2.05) is 24.3 Å². The fourth-order valence-corrected chi connectivity index (χ4v) is 3.34. The summed E-state index contributed by atoms with van der Waals surface area (Å²) < 4.78 is 33.8. The van der Waals surface area contributed by atoms with Crippen LogP contribution in [0.2, 0.25) is 0 Å². The zero-order valence-electron chi connectivity index (χ0n) is 16.9. The number of carbonyl (C=O) groups is 1. The van der Waals surface area contributed by atoms with Gasteiger partial charge in [0.25, 0.3) is 0 Å². The Balaban J connectivity index is 1.55. The summed E-state index contributed by atoms with van der Waals surface area (Å²) in [4.78, 5) is 16.2. The Morgan fingerprint density at radius 3 is 2.29 bits per heavy atom. The van der Waals surface area contributed by atoms with Gasteiger partial charge in [-0.3, -0.25) is 9.78 Å². The van der Waals surface area contributed by atoms with E-state index in [9.17, 15) is 13.2 Å². The zero-order valence-corrected chi connectivity index (χ0v) is 17.8. The van der Waals surface area contributed by atoms with Gasteiger partial charge >= 0.3 is 0 Å². The molecule has 31 heavy (non-hydrogen) atoms. The van der Waals surface area contributed by atoms with Gasteiger partial charge in [0.2, 0.25) is 15.9 Å². The fourth-order valence-electron chi connectivity index (χ4n) is 2.83.